The molecule has 2 aliphatic heterocycles. The Morgan fingerprint density at radius 3 is 2.52 bits per heavy atom. The van der Waals surface area contributed by atoms with E-state index in [2.05, 4.69) is 38.7 Å². The van der Waals surface area contributed by atoms with E-state index in [4.69, 9.17) is 0 Å². The smallest absolute Gasteiger partial charge is 0.223 e. The number of aryl methyl sites for hydroxylation is 1. The minimum absolute atomic E-state index is 0.0312. The van der Waals surface area contributed by atoms with Gasteiger partial charge in [-0.05, 0) is 18.4 Å². The van der Waals surface area contributed by atoms with Crippen molar-refractivity contribution < 1.29 is 4.79 Å². The first-order valence-electron chi connectivity index (χ1n) is 9.10. The second-order valence-corrected chi connectivity index (χ2v) is 7.45. The van der Waals surface area contributed by atoms with E-state index in [0.717, 1.165) is 38.3 Å². The molecule has 0 unspecified atom stereocenters. The number of imidazole rings is 1. The van der Waals surface area contributed by atoms with Crippen LogP contribution in [0.25, 0.3) is 0 Å². The summed E-state index contributed by atoms with van der Waals surface area (Å²) in [5.74, 6) is 1.69. The second-order valence-electron chi connectivity index (χ2n) is 7.45. The lowest BCUT2D eigenvalue weighted by Crippen LogP contribution is -2.53. The summed E-state index contributed by atoms with van der Waals surface area (Å²) in [6.45, 7) is 2.90. The Bertz CT molecular complexity index is 746. The fourth-order valence-electron chi connectivity index (χ4n) is 4.63. The fourth-order valence-corrected chi connectivity index (χ4v) is 4.63. The summed E-state index contributed by atoms with van der Waals surface area (Å²) >= 11 is 0. The molecule has 1 atom stereocenters. The van der Waals surface area contributed by atoms with Crippen molar-refractivity contribution >= 4 is 5.91 Å². The molecule has 0 bridgehead atoms. The van der Waals surface area contributed by atoms with E-state index in [0.29, 0.717) is 12.3 Å². The van der Waals surface area contributed by atoms with Crippen molar-refractivity contribution in [2.45, 2.75) is 37.3 Å². The van der Waals surface area contributed by atoms with Crippen molar-refractivity contribution in [1.29, 1.82) is 0 Å². The first-order chi connectivity index (χ1) is 12.1. The molecule has 5 heteroatoms. The lowest BCUT2D eigenvalue weighted by Gasteiger charge is -2.46. The highest BCUT2D eigenvalue weighted by atomic mass is 16.2. The summed E-state index contributed by atoms with van der Waals surface area (Å²) in [5, 5.41) is 0. The summed E-state index contributed by atoms with van der Waals surface area (Å²) in [7, 11) is 4.04. The van der Waals surface area contributed by atoms with Gasteiger partial charge in [-0.15, -0.1) is 0 Å². The van der Waals surface area contributed by atoms with Crippen LogP contribution in [0.3, 0.4) is 0 Å². The van der Waals surface area contributed by atoms with Crippen LogP contribution in [0, 0.1) is 0 Å². The van der Waals surface area contributed by atoms with Crippen molar-refractivity contribution in [3.8, 4) is 0 Å². The summed E-state index contributed by atoms with van der Waals surface area (Å²) in [4.78, 5) is 21.5. The normalized spacial score (nSPS) is 23.5. The summed E-state index contributed by atoms with van der Waals surface area (Å²) in [6, 6.07) is 10.6. The number of likely N-dealkylation sites (tertiary alicyclic amines) is 2. The second kappa shape index (κ2) is 6.30. The van der Waals surface area contributed by atoms with E-state index in [1.165, 1.54) is 5.56 Å². The number of aromatic nitrogens is 2. The van der Waals surface area contributed by atoms with E-state index >= 15 is 0 Å². The van der Waals surface area contributed by atoms with Crippen molar-refractivity contribution in [3.05, 3.63) is 54.1 Å². The van der Waals surface area contributed by atoms with E-state index in [-0.39, 0.29) is 11.4 Å². The van der Waals surface area contributed by atoms with E-state index in [9.17, 15) is 4.79 Å². The maximum atomic E-state index is 12.5. The van der Waals surface area contributed by atoms with Gasteiger partial charge in [0, 0.05) is 51.9 Å². The van der Waals surface area contributed by atoms with Gasteiger partial charge in [0.05, 0.1) is 12.1 Å². The van der Waals surface area contributed by atoms with Gasteiger partial charge in [0.1, 0.15) is 5.82 Å². The number of hydrogen-bond donors (Lipinski definition) is 0. The first-order valence-corrected chi connectivity index (χ1v) is 9.10. The number of hydrogen-bond acceptors (Lipinski definition) is 3. The third-order valence-corrected chi connectivity index (χ3v) is 6.28. The van der Waals surface area contributed by atoms with Gasteiger partial charge < -0.3 is 9.47 Å². The van der Waals surface area contributed by atoms with Gasteiger partial charge in [0.2, 0.25) is 5.91 Å². The quantitative estimate of drug-likeness (QED) is 0.863. The van der Waals surface area contributed by atoms with Gasteiger partial charge in [-0.1, -0.05) is 30.3 Å². The zero-order chi connectivity index (χ0) is 17.4. The summed E-state index contributed by atoms with van der Waals surface area (Å²) in [5.41, 5.74) is 1.27. The Morgan fingerprint density at radius 1 is 1.16 bits per heavy atom. The van der Waals surface area contributed by atoms with Gasteiger partial charge in [-0.2, -0.15) is 0 Å². The molecule has 2 aliphatic rings. The van der Waals surface area contributed by atoms with Crippen molar-refractivity contribution in [2.24, 2.45) is 7.05 Å². The molecule has 1 aromatic heterocycles. The largest absolute Gasteiger partial charge is 0.339 e. The summed E-state index contributed by atoms with van der Waals surface area (Å²) < 4.78 is 2.09. The number of carbonyl (C=O) groups excluding carboxylic acids is 1. The molecule has 5 nitrogen and oxygen atoms in total. The minimum atomic E-state index is -0.0312. The third-order valence-electron chi connectivity index (χ3n) is 6.28. The topological polar surface area (TPSA) is 41.4 Å². The molecule has 25 heavy (non-hydrogen) atoms. The molecule has 3 heterocycles. The van der Waals surface area contributed by atoms with Crippen molar-refractivity contribution in [3.63, 3.8) is 0 Å². The number of rotatable bonds is 3. The molecule has 1 aromatic carbocycles. The van der Waals surface area contributed by atoms with Crippen LogP contribution in [0.1, 0.15) is 36.6 Å². The van der Waals surface area contributed by atoms with Crippen LogP contribution in [-0.2, 0) is 18.4 Å². The number of piperidine rings is 1. The highest BCUT2D eigenvalue weighted by molar-refractivity contribution is 5.81. The molecular formula is C20H26N4O. The zero-order valence-corrected chi connectivity index (χ0v) is 15.1. The molecule has 2 aromatic rings. The van der Waals surface area contributed by atoms with Crippen LogP contribution in [-0.4, -0.2) is 50.9 Å². The van der Waals surface area contributed by atoms with E-state index in [1.807, 2.05) is 37.5 Å². The lowest BCUT2D eigenvalue weighted by atomic mass is 9.74. The minimum Gasteiger partial charge on any atom is -0.339 e. The van der Waals surface area contributed by atoms with Crippen LogP contribution >= 0.6 is 0 Å². The molecule has 2 saturated heterocycles. The SMILES string of the molecule is CN1C(=O)C[C@H](c2ccccc2)C12CCN(Cc1nccn1C)CC2. The Kier molecular flexibility index (Phi) is 4.12. The van der Waals surface area contributed by atoms with Crippen molar-refractivity contribution in [2.75, 3.05) is 20.1 Å². The monoisotopic (exact) mass is 338 g/mol. The molecule has 2 fully saturated rings. The molecule has 0 radical (unpaired) electrons. The molecule has 1 amide bonds. The standard InChI is InChI=1S/C20H26N4O/c1-22-13-10-21-18(22)15-24-11-8-20(9-12-24)17(14-19(25)23(20)2)16-6-4-3-5-7-16/h3-7,10,13,17H,8-9,11-12,14-15H2,1-2H3/t17-/m1/s1. The fraction of sp³-hybridized carbons (Fsp3) is 0.500. The number of nitrogens with zero attached hydrogens (tertiary/aromatic N) is 4. The average Bonchev–Trinajstić information content (AvgIpc) is 3.14. The van der Waals surface area contributed by atoms with Gasteiger partial charge in [-0.25, -0.2) is 4.98 Å². The summed E-state index contributed by atoms with van der Waals surface area (Å²) in [6.07, 6.45) is 6.55. The van der Waals surface area contributed by atoms with Crippen LogP contribution in [0.2, 0.25) is 0 Å². The first kappa shape index (κ1) is 16.3. The molecule has 4 rings (SSSR count). The van der Waals surface area contributed by atoms with Gasteiger partial charge >= 0.3 is 0 Å². The van der Waals surface area contributed by atoms with E-state index < -0.39 is 0 Å². The highest BCUT2D eigenvalue weighted by Gasteiger charge is 2.52. The van der Waals surface area contributed by atoms with Crippen LogP contribution < -0.4 is 0 Å². The molecule has 1 spiro atoms. The maximum absolute atomic E-state index is 12.5. The Balaban J connectivity index is 1.53. The number of carbonyl (C=O) groups is 1. The molecule has 0 saturated carbocycles. The lowest BCUT2D eigenvalue weighted by molar-refractivity contribution is -0.130. The van der Waals surface area contributed by atoms with Gasteiger partial charge in [0.25, 0.3) is 0 Å². The molecular weight excluding hydrogens is 312 g/mol. The van der Waals surface area contributed by atoms with E-state index in [1.54, 1.807) is 0 Å². The highest BCUT2D eigenvalue weighted by Crippen LogP contribution is 2.48. The van der Waals surface area contributed by atoms with Crippen LogP contribution in [0.4, 0.5) is 0 Å². The number of amides is 1. The van der Waals surface area contributed by atoms with Crippen LogP contribution in [0.15, 0.2) is 42.7 Å². The number of benzene rings is 1. The van der Waals surface area contributed by atoms with Crippen LogP contribution in [0.5, 0.6) is 0 Å². The Morgan fingerprint density at radius 2 is 1.88 bits per heavy atom. The van der Waals surface area contributed by atoms with Gasteiger partial charge in [-0.3, -0.25) is 9.69 Å². The zero-order valence-electron chi connectivity index (χ0n) is 15.1. The van der Waals surface area contributed by atoms with Crippen molar-refractivity contribution in [1.82, 2.24) is 19.4 Å². The number of likely N-dealkylation sites (N-methyl/N-ethyl adjacent to an activating group) is 1. The molecule has 132 valence electrons. The molecule has 0 aliphatic carbocycles. The molecule has 0 N–H and O–H groups in total. The predicted molar refractivity (Wildman–Crippen MR) is 97.0 cm³/mol. The van der Waals surface area contributed by atoms with Gasteiger partial charge in [0.15, 0.2) is 0 Å². The third kappa shape index (κ3) is 2.76. The predicted octanol–water partition coefficient (Wildman–Crippen LogP) is 2.40. The maximum Gasteiger partial charge on any atom is 0.223 e. The average molecular weight is 338 g/mol. The Hall–Kier alpha value is -2.14. The Labute approximate surface area is 149 Å².